The van der Waals surface area contributed by atoms with Crippen LogP contribution in [0.4, 0.5) is 5.69 Å². The summed E-state index contributed by atoms with van der Waals surface area (Å²) in [6.45, 7) is 2.48. The number of methoxy groups -OCH3 is 1. The fraction of sp³-hybridized carbons (Fsp3) is 0.524. The normalized spacial score (nSPS) is 36.6. The third-order valence-electron chi connectivity index (χ3n) is 7.23. The Morgan fingerprint density at radius 3 is 2.96 bits per heavy atom. The average Bonchev–Trinajstić information content (AvgIpc) is 3.10. The maximum absolute atomic E-state index is 13.5. The highest BCUT2D eigenvalue weighted by Gasteiger charge is 2.64. The van der Waals surface area contributed by atoms with Crippen LogP contribution >= 0.6 is 0 Å². The Labute approximate surface area is 158 Å². The number of fused-ring (bicyclic) bond motifs is 7. The van der Waals surface area contributed by atoms with Crippen LogP contribution in [0.3, 0.4) is 0 Å². The number of likely N-dealkylation sites (N-methyl/N-ethyl adjacent to an activating group) is 1. The first kappa shape index (κ1) is 16.8. The molecule has 0 aromatic heterocycles. The molecule has 1 aromatic rings. The number of hydrogen-bond acceptors (Lipinski definition) is 5. The Morgan fingerprint density at radius 1 is 1.41 bits per heavy atom. The molecule has 0 radical (unpaired) electrons. The van der Waals surface area contributed by atoms with E-state index in [2.05, 4.69) is 5.32 Å². The first-order valence-electron chi connectivity index (χ1n) is 9.52. The van der Waals surface area contributed by atoms with Crippen LogP contribution in [0.15, 0.2) is 29.5 Å². The molecule has 6 heteroatoms. The molecule has 1 N–H and O–H groups in total. The Morgan fingerprint density at radius 2 is 2.22 bits per heavy atom. The van der Waals surface area contributed by atoms with Gasteiger partial charge >= 0.3 is 0 Å². The minimum Gasteiger partial charge on any atom is -0.497 e. The highest BCUT2D eigenvalue weighted by atomic mass is 16.5. The lowest BCUT2D eigenvalue weighted by Crippen LogP contribution is -2.53. The zero-order valence-electron chi connectivity index (χ0n) is 15.8. The van der Waals surface area contributed by atoms with Crippen molar-refractivity contribution in [3.63, 3.8) is 0 Å². The smallest absolute Gasteiger partial charge is 0.239 e. The van der Waals surface area contributed by atoms with Crippen molar-refractivity contribution >= 4 is 17.9 Å². The molecule has 4 aliphatic heterocycles. The SMILES string of the molecule is COc1ccc2c(c1)N(C)C(=O)[C@@]21C[C@@H]2N[C@H]1C[C@H]1C(C=O)=C(C)OC[C@@H]21. The monoisotopic (exact) mass is 368 g/mol. The second kappa shape index (κ2) is 5.58. The van der Waals surface area contributed by atoms with Gasteiger partial charge in [0.15, 0.2) is 0 Å². The number of rotatable bonds is 2. The van der Waals surface area contributed by atoms with Crippen molar-refractivity contribution < 1.29 is 19.1 Å². The number of allylic oxidation sites excluding steroid dienone is 2. The summed E-state index contributed by atoms with van der Waals surface area (Å²) in [7, 11) is 3.48. The molecule has 0 aliphatic carbocycles. The Kier molecular flexibility index (Phi) is 3.47. The number of benzene rings is 1. The van der Waals surface area contributed by atoms with E-state index in [4.69, 9.17) is 9.47 Å². The van der Waals surface area contributed by atoms with E-state index in [0.29, 0.717) is 6.61 Å². The molecule has 4 aliphatic rings. The van der Waals surface area contributed by atoms with Gasteiger partial charge in [-0.05, 0) is 37.3 Å². The summed E-state index contributed by atoms with van der Waals surface area (Å²) in [5, 5.41) is 3.70. The first-order valence-corrected chi connectivity index (χ1v) is 9.52. The van der Waals surface area contributed by atoms with E-state index >= 15 is 0 Å². The number of piperidine rings is 1. The van der Waals surface area contributed by atoms with Gasteiger partial charge in [0.25, 0.3) is 0 Å². The van der Waals surface area contributed by atoms with E-state index in [1.165, 1.54) is 0 Å². The number of carbonyl (C=O) groups excluding carboxylic acids is 2. The van der Waals surface area contributed by atoms with Gasteiger partial charge in [0.05, 0.1) is 30.6 Å². The van der Waals surface area contributed by atoms with Gasteiger partial charge in [-0.15, -0.1) is 0 Å². The van der Waals surface area contributed by atoms with Crippen molar-refractivity contribution in [3.05, 3.63) is 35.1 Å². The summed E-state index contributed by atoms with van der Waals surface area (Å²) in [6, 6.07) is 6.12. The Balaban J connectivity index is 1.61. The largest absolute Gasteiger partial charge is 0.497 e. The lowest BCUT2D eigenvalue weighted by molar-refractivity contribution is -0.123. The summed E-state index contributed by atoms with van der Waals surface area (Å²) in [4.78, 5) is 27.0. The molecule has 2 fully saturated rings. The van der Waals surface area contributed by atoms with Crippen LogP contribution in [-0.2, 0) is 19.7 Å². The maximum Gasteiger partial charge on any atom is 0.239 e. The fourth-order valence-corrected chi connectivity index (χ4v) is 5.88. The fourth-order valence-electron chi connectivity index (χ4n) is 5.88. The predicted molar refractivity (Wildman–Crippen MR) is 99.7 cm³/mol. The van der Waals surface area contributed by atoms with Crippen molar-refractivity contribution in [1.29, 1.82) is 0 Å². The van der Waals surface area contributed by atoms with E-state index in [9.17, 15) is 9.59 Å². The summed E-state index contributed by atoms with van der Waals surface area (Å²) < 4.78 is 11.2. The molecule has 6 nitrogen and oxygen atoms in total. The number of anilines is 1. The topological polar surface area (TPSA) is 67.9 Å². The van der Waals surface area contributed by atoms with Gasteiger partial charge in [0, 0.05) is 36.7 Å². The third kappa shape index (κ3) is 1.99. The molecular formula is C21H24N2O4. The van der Waals surface area contributed by atoms with Gasteiger partial charge in [0.1, 0.15) is 12.0 Å². The van der Waals surface area contributed by atoms with Gasteiger partial charge in [-0.25, -0.2) is 0 Å². The second-order valence-electron chi connectivity index (χ2n) is 8.19. The maximum atomic E-state index is 13.5. The summed E-state index contributed by atoms with van der Waals surface area (Å²) in [5.74, 6) is 2.01. The molecule has 142 valence electrons. The number of ether oxygens (including phenoxy) is 2. The quantitative estimate of drug-likeness (QED) is 0.806. The molecule has 1 spiro atoms. The lowest BCUT2D eigenvalue weighted by Gasteiger charge is -2.41. The van der Waals surface area contributed by atoms with Gasteiger partial charge in [-0.1, -0.05) is 6.07 Å². The van der Waals surface area contributed by atoms with Gasteiger partial charge in [-0.2, -0.15) is 0 Å². The zero-order chi connectivity index (χ0) is 18.9. The molecule has 27 heavy (non-hydrogen) atoms. The predicted octanol–water partition coefficient (Wildman–Crippen LogP) is 1.78. The number of nitrogens with zero attached hydrogens (tertiary/aromatic N) is 1. The van der Waals surface area contributed by atoms with Crippen LogP contribution in [0.1, 0.15) is 25.3 Å². The van der Waals surface area contributed by atoms with Crippen molar-refractivity contribution in [3.8, 4) is 5.75 Å². The number of nitrogens with one attached hydrogen (secondary N) is 1. The molecule has 0 unspecified atom stereocenters. The van der Waals surface area contributed by atoms with E-state index in [-0.39, 0.29) is 29.8 Å². The van der Waals surface area contributed by atoms with Crippen molar-refractivity contribution in [2.24, 2.45) is 11.8 Å². The molecule has 1 aromatic carbocycles. The van der Waals surface area contributed by atoms with Gasteiger partial charge in [-0.3, -0.25) is 9.59 Å². The van der Waals surface area contributed by atoms with Crippen molar-refractivity contribution in [2.45, 2.75) is 37.3 Å². The Bertz CT molecular complexity index is 879. The van der Waals surface area contributed by atoms with Gasteiger partial charge in [0.2, 0.25) is 5.91 Å². The number of aldehydes is 1. The molecular weight excluding hydrogens is 344 g/mol. The van der Waals surface area contributed by atoms with E-state index in [1.807, 2.05) is 32.2 Å². The second-order valence-corrected chi connectivity index (χ2v) is 8.19. The number of carbonyl (C=O) groups is 2. The third-order valence-corrected chi connectivity index (χ3v) is 7.23. The summed E-state index contributed by atoms with van der Waals surface area (Å²) in [5.41, 5.74) is 2.20. The highest BCUT2D eigenvalue weighted by molar-refractivity contribution is 6.09. The number of hydrogen-bond donors (Lipinski definition) is 1. The lowest BCUT2D eigenvalue weighted by atomic mass is 9.72. The molecule has 0 saturated carbocycles. The minimum absolute atomic E-state index is 0.0224. The average molecular weight is 368 g/mol. The minimum atomic E-state index is -0.569. The van der Waals surface area contributed by atoms with Crippen LogP contribution in [0.5, 0.6) is 5.75 Å². The van der Waals surface area contributed by atoms with Crippen LogP contribution in [0, 0.1) is 11.8 Å². The van der Waals surface area contributed by atoms with Gasteiger partial charge < -0.3 is 19.7 Å². The molecule has 5 atom stereocenters. The molecule has 5 rings (SSSR count). The van der Waals surface area contributed by atoms with Crippen molar-refractivity contribution in [2.75, 3.05) is 25.7 Å². The number of amides is 1. The van der Waals surface area contributed by atoms with Crippen LogP contribution < -0.4 is 15.0 Å². The molecule has 2 bridgehead atoms. The van der Waals surface area contributed by atoms with Crippen LogP contribution in [0.2, 0.25) is 0 Å². The zero-order valence-corrected chi connectivity index (χ0v) is 15.8. The van der Waals surface area contributed by atoms with E-state index in [1.54, 1.807) is 12.0 Å². The van der Waals surface area contributed by atoms with Crippen LogP contribution in [0.25, 0.3) is 0 Å². The Hall–Kier alpha value is -2.34. The standard InChI is InChI=1S/C21H24N2O4/c1-11-14(9-24)13-7-19-21(8-17(22-19)15(13)10-27-11)16-5-4-12(26-3)6-18(16)23(2)20(21)25/h4-6,9,13,15,17,19,22H,7-8,10H2,1-3H3/t13-,15+,17-,19-,21-/m0/s1. The summed E-state index contributed by atoms with van der Waals surface area (Å²) in [6.07, 6.45) is 2.47. The first-order chi connectivity index (χ1) is 13.0. The molecule has 2 saturated heterocycles. The van der Waals surface area contributed by atoms with E-state index < -0.39 is 5.41 Å². The molecule has 4 heterocycles. The van der Waals surface area contributed by atoms with Crippen LogP contribution in [-0.4, -0.2) is 45.0 Å². The van der Waals surface area contributed by atoms with E-state index in [0.717, 1.165) is 47.5 Å². The van der Waals surface area contributed by atoms with Crippen molar-refractivity contribution in [1.82, 2.24) is 5.32 Å². The highest BCUT2D eigenvalue weighted by Crippen LogP contribution is 2.56. The molecule has 1 amide bonds. The summed E-state index contributed by atoms with van der Waals surface area (Å²) >= 11 is 0.